The third-order valence-electron chi connectivity index (χ3n) is 8.71. The fraction of sp³-hybridized carbons (Fsp3) is 0.500. The summed E-state index contributed by atoms with van der Waals surface area (Å²) in [5.41, 5.74) is 5.58. The second-order valence-electron chi connectivity index (χ2n) is 11.5. The van der Waals surface area contributed by atoms with E-state index in [1.54, 1.807) is 0 Å². The van der Waals surface area contributed by atoms with E-state index in [1.165, 1.54) is 71.7 Å². The Labute approximate surface area is 223 Å². The molecule has 3 aromatic carbocycles. The van der Waals surface area contributed by atoms with Gasteiger partial charge >= 0.3 is 0 Å². The van der Waals surface area contributed by atoms with E-state index < -0.39 is 5.72 Å². The van der Waals surface area contributed by atoms with Gasteiger partial charge in [-0.3, -0.25) is 4.99 Å². The second-order valence-corrected chi connectivity index (χ2v) is 11.5. The van der Waals surface area contributed by atoms with Gasteiger partial charge in [-0.2, -0.15) is 0 Å². The van der Waals surface area contributed by atoms with Gasteiger partial charge in [0.2, 0.25) is 5.72 Å². The minimum absolute atomic E-state index is 0.235. The Bertz CT molecular complexity index is 1290. The van der Waals surface area contributed by atoms with Crippen LogP contribution in [0.25, 0.3) is 10.8 Å². The second kappa shape index (κ2) is 10.5. The Balaban J connectivity index is 1.57. The Hall–Kier alpha value is -2.81. The molecule has 2 aliphatic heterocycles. The third-order valence-corrected chi connectivity index (χ3v) is 8.71. The molecule has 1 spiro atoms. The summed E-state index contributed by atoms with van der Waals surface area (Å²) in [4.78, 5) is 7.75. The molecule has 1 atom stereocenters. The van der Waals surface area contributed by atoms with E-state index in [9.17, 15) is 0 Å². The van der Waals surface area contributed by atoms with Crippen molar-refractivity contribution in [2.24, 2.45) is 4.99 Å². The van der Waals surface area contributed by atoms with E-state index in [0.29, 0.717) is 0 Å². The molecule has 0 saturated heterocycles. The van der Waals surface area contributed by atoms with Gasteiger partial charge in [-0.25, -0.2) is 0 Å². The zero-order valence-corrected chi connectivity index (χ0v) is 23.6. The SMILES string of the molecule is CCCCCCCN1c2ccccc2C(C)(C)C12C=Nc1c(ccc3c(CCCC)cc(CC)cc13)O2. The van der Waals surface area contributed by atoms with Gasteiger partial charge in [-0.15, -0.1) is 0 Å². The first-order valence-electron chi connectivity index (χ1n) is 14.7. The Morgan fingerprint density at radius 2 is 1.62 bits per heavy atom. The summed E-state index contributed by atoms with van der Waals surface area (Å²) in [6, 6.07) is 18.0. The molecule has 2 aliphatic rings. The van der Waals surface area contributed by atoms with Crippen LogP contribution in [0.3, 0.4) is 0 Å². The zero-order valence-electron chi connectivity index (χ0n) is 23.6. The fourth-order valence-electron chi connectivity index (χ4n) is 6.40. The van der Waals surface area contributed by atoms with Crippen molar-refractivity contribution >= 4 is 28.4 Å². The molecule has 0 N–H and O–H groups in total. The van der Waals surface area contributed by atoms with Crippen LogP contribution in [0.1, 0.15) is 96.3 Å². The van der Waals surface area contributed by atoms with Gasteiger partial charge in [0.25, 0.3) is 0 Å². The smallest absolute Gasteiger partial charge is 0.228 e. The molecular formula is C34H44N2O. The quantitative estimate of drug-likeness (QED) is 0.261. The summed E-state index contributed by atoms with van der Waals surface area (Å²) in [7, 11) is 0. The molecule has 0 saturated carbocycles. The van der Waals surface area contributed by atoms with E-state index in [1.807, 2.05) is 0 Å². The van der Waals surface area contributed by atoms with Crippen molar-refractivity contribution in [2.75, 3.05) is 11.4 Å². The molecule has 3 aromatic rings. The summed E-state index contributed by atoms with van der Waals surface area (Å²) in [5.74, 6) is 0.904. The number of benzene rings is 3. The molecule has 5 rings (SSSR count). The fourth-order valence-corrected chi connectivity index (χ4v) is 6.40. The van der Waals surface area contributed by atoms with Crippen molar-refractivity contribution in [1.29, 1.82) is 0 Å². The molecule has 0 aromatic heterocycles. The molecule has 0 fully saturated rings. The number of rotatable bonds is 10. The highest BCUT2D eigenvalue weighted by Gasteiger charge is 2.59. The number of aryl methyl sites for hydroxylation is 2. The summed E-state index contributed by atoms with van der Waals surface area (Å²) in [6.45, 7) is 12.4. The highest BCUT2D eigenvalue weighted by Crippen LogP contribution is 2.55. The van der Waals surface area contributed by atoms with Crippen LogP contribution in [0, 0.1) is 0 Å². The highest BCUT2D eigenvalue weighted by atomic mass is 16.5. The van der Waals surface area contributed by atoms with Crippen LogP contribution in [0.15, 0.2) is 53.5 Å². The van der Waals surface area contributed by atoms with E-state index in [0.717, 1.165) is 37.2 Å². The van der Waals surface area contributed by atoms with Gasteiger partial charge in [0.1, 0.15) is 11.4 Å². The van der Waals surface area contributed by atoms with E-state index in [-0.39, 0.29) is 5.41 Å². The lowest BCUT2D eigenvalue weighted by atomic mass is 9.77. The lowest BCUT2D eigenvalue weighted by Gasteiger charge is -2.46. The predicted octanol–water partition coefficient (Wildman–Crippen LogP) is 9.30. The molecule has 3 heteroatoms. The van der Waals surface area contributed by atoms with E-state index in [2.05, 4.69) is 94.3 Å². The lowest BCUT2D eigenvalue weighted by molar-refractivity contribution is 0.0774. The maximum atomic E-state index is 7.15. The first-order valence-corrected chi connectivity index (χ1v) is 14.7. The van der Waals surface area contributed by atoms with Crippen LogP contribution in [0.2, 0.25) is 0 Å². The topological polar surface area (TPSA) is 24.8 Å². The normalized spacial score (nSPS) is 19.3. The zero-order chi connectivity index (χ0) is 26.0. The van der Waals surface area contributed by atoms with Gasteiger partial charge in [0.15, 0.2) is 0 Å². The molecule has 0 aliphatic carbocycles. The van der Waals surface area contributed by atoms with E-state index in [4.69, 9.17) is 9.73 Å². The number of hydrogen-bond donors (Lipinski definition) is 0. The molecule has 37 heavy (non-hydrogen) atoms. The minimum atomic E-state index is -0.629. The first-order chi connectivity index (χ1) is 18.0. The predicted molar refractivity (Wildman–Crippen MR) is 159 cm³/mol. The van der Waals surface area contributed by atoms with Crippen molar-refractivity contribution in [3.8, 4) is 5.75 Å². The number of unbranched alkanes of at least 4 members (excludes halogenated alkanes) is 5. The average Bonchev–Trinajstić information content (AvgIpc) is 3.09. The molecule has 0 bridgehead atoms. The summed E-state index contributed by atoms with van der Waals surface area (Å²) < 4.78 is 7.15. The van der Waals surface area contributed by atoms with E-state index >= 15 is 0 Å². The Morgan fingerprint density at radius 1 is 0.838 bits per heavy atom. The van der Waals surface area contributed by atoms with Crippen LogP contribution in [0.4, 0.5) is 11.4 Å². The van der Waals surface area contributed by atoms with Crippen LogP contribution >= 0.6 is 0 Å². The largest absolute Gasteiger partial charge is 0.459 e. The van der Waals surface area contributed by atoms with Gasteiger partial charge in [-0.1, -0.05) is 83.2 Å². The van der Waals surface area contributed by atoms with Crippen LogP contribution in [-0.4, -0.2) is 18.5 Å². The monoisotopic (exact) mass is 496 g/mol. The van der Waals surface area contributed by atoms with Crippen molar-refractivity contribution in [3.05, 3.63) is 65.2 Å². The summed E-state index contributed by atoms with van der Waals surface area (Å²) in [5, 5.41) is 2.55. The average molecular weight is 497 g/mol. The molecule has 1 unspecified atom stereocenters. The summed E-state index contributed by atoms with van der Waals surface area (Å²) >= 11 is 0. The molecule has 2 heterocycles. The molecule has 0 radical (unpaired) electrons. The number of ether oxygens (including phenoxy) is 1. The van der Waals surface area contributed by atoms with Crippen LogP contribution in [0.5, 0.6) is 5.75 Å². The van der Waals surface area contributed by atoms with Crippen molar-refractivity contribution in [1.82, 2.24) is 0 Å². The first kappa shape index (κ1) is 25.8. The van der Waals surface area contributed by atoms with Gasteiger partial charge in [0, 0.05) is 17.6 Å². The van der Waals surface area contributed by atoms with Gasteiger partial charge in [-0.05, 0) is 79.8 Å². The van der Waals surface area contributed by atoms with Crippen molar-refractivity contribution in [2.45, 2.75) is 104 Å². The van der Waals surface area contributed by atoms with Crippen LogP contribution in [-0.2, 0) is 18.3 Å². The van der Waals surface area contributed by atoms with Crippen LogP contribution < -0.4 is 9.64 Å². The third kappa shape index (κ3) is 4.35. The number of aliphatic imine (C=N–C) groups is 1. The number of para-hydroxylation sites is 1. The lowest BCUT2D eigenvalue weighted by Crippen LogP contribution is -2.62. The number of nitrogens with zero attached hydrogens (tertiary/aromatic N) is 2. The van der Waals surface area contributed by atoms with Crippen molar-refractivity contribution < 1.29 is 4.74 Å². The number of fused-ring (bicyclic) bond motifs is 4. The minimum Gasteiger partial charge on any atom is -0.459 e. The molecule has 196 valence electrons. The molecular weight excluding hydrogens is 452 g/mol. The molecule has 0 amide bonds. The highest BCUT2D eigenvalue weighted by molar-refractivity contribution is 6.01. The Kier molecular flexibility index (Phi) is 7.34. The Morgan fingerprint density at radius 3 is 2.41 bits per heavy atom. The maximum absolute atomic E-state index is 7.15. The van der Waals surface area contributed by atoms with Gasteiger partial charge in [0.05, 0.1) is 11.6 Å². The number of hydrogen-bond acceptors (Lipinski definition) is 3. The van der Waals surface area contributed by atoms with Gasteiger partial charge < -0.3 is 9.64 Å². The molecule has 3 nitrogen and oxygen atoms in total. The number of anilines is 1. The maximum Gasteiger partial charge on any atom is 0.228 e. The standard InChI is InChI=1S/C34H44N2O/c1-6-9-11-12-15-21-36-30-18-14-13-17-29(30)33(4,5)34(36)24-35-32-28-23-25(8-3)22-26(16-10-7-2)27(28)19-20-31(32)37-34/h13-14,17-20,22-24H,6-12,15-16,21H2,1-5H3. The summed E-state index contributed by atoms with van der Waals surface area (Å²) in [6.07, 6.45) is 13.0. The van der Waals surface area contributed by atoms with Crippen molar-refractivity contribution in [3.63, 3.8) is 0 Å².